The molecule has 0 spiro atoms. The van der Waals surface area contributed by atoms with Crippen molar-refractivity contribution < 1.29 is 8.42 Å². The zero-order valence-electron chi connectivity index (χ0n) is 11.8. The third-order valence-corrected chi connectivity index (χ3v) is 3.71. The number of aliphatic imine (C=N–C) groups is 1. The number of benzene rings is 1. The monoisotopic (exact) mass is 411 g/mol. The van der Waals surface area contributed by atoms with Gasteiger partial charge in [0.2, 0.25) is 0 Å². The summed E-state index contributed by atoms with van der Waals surface area (Å²) in [6, 6.07) is 6.88. The first-order valence-electron chi connectivity index (χ1n) is 6.26. The minimum Gasteiger partial charge on any atom is -0.370 e. The van der Waals surface area contributed by atoms with Crippen molar-refractivity contribution in [3.05, 3.63) is 29.8 Å². The molecule has 0 heterocycles. The summed E-state index contributed by atoms with van der Waals surface area (Å²) in [5.41, 5.74) is 6.72. The van der Waals surface area contributed by atoms with Crippen molar-refractivity contribution in [2.75, 3.05) is 19.3 Å². The van der Waals surface area contributed by atoms with Crippen LogP contribution in [-0.4, -0.2) is 33.7 Å². The average molecular weight is 411 g/mol. The van der Waals surface area contributed by atoms with Crippen molar-refractivity contribution in [2.45, 2.75) is 24.7 Å². The topological polar surface area (TPSA) is 84.5 Å². The van der Waals surface area contributed by atoms with E-state index in [1.165, 1.54) is 6.26 Å². The van der Waals surface area contributed by atoms with Gasteiger partial charge in [-0.25, -0.2) is 8.42 Å². The number of guanidine groups is 1. The number of rotatable bonds is 6. The lowest BCUT2D eigenvalue weighted by Crippen LogP contribution is -2.33. The maximum Gasteiger partial charge on any atom is 0.188 e. The van der Waals surface area contributed by atoms with Crippen LogP contribution in [0.5, 0.6) is 0 Å². The van der Waals surface area contributed by atoms with Crippen molar-refractivity contribution in [3.8, 4) is 0 Å². The molecule has 7 heteroatoms. The molecule has 0 saturated carbocycles. The Balaban J connectivity index is 0.00000361. The highest BCUT2D eigenvalue weighted by Crippen LogP contribution is 2.10. The highest BCUT2D eigenvalue weighted by molar-refractivity contribution is 14.0. The van der Waals surface area contributed by atoms with Crippen LogP contribution in [0.2, 0.25) is 0 Å². The first-order valence-corrected chi connectivity index (χ1v) is 8.15. The quantitative estimate of drug-likeness (QED) is 0.423. The van der Waals surface area contributed by atoms with Crippen molar-refractivity contribution in [1.82, 2.24) is 5.32 Å². The summed E-state index contributed by atoms with van der Waals surface area (Å²) in [5, 5.41) is 3.02. The summed E-state index contributed by atoms with van der Waals surface area (Å²) in [5.74, 6) is 0.453. The standard InChI is InChI=1S/C13H21N3O2S.HI/c1-3-9-15-13(14)16-10-8-11-4-6-12(7-5-11)19(2,17)18;/h4-7H,3,8-10H2,1-2H3,(H3,14,15,16);1H. The van der Waals surface area contributed by atoms with Gasteiger partial charge in [0, 0.05) is 19.3 Å². The minimum absolute atomic E-state index is 0. The highest BCUT2D eigenvalue weighted by Gasteiger charge is 2.05. The van der Waals surface area contributed by atoms with Gasteiger partial charge in [0.25, 0.3) is 0 Å². The number of halogens is 1. The lowest BCUT2D eigenvalue weighted by Gasteiger charge is -2.06. The normalized spacial score (nSPS) is 11.8. The summed E-state index contributed by atoms with van der Waals surface area (Å²) in [6.45, 7) is 3.44. The first kappa shape index (κ1) is 19.2. The predicted octanol–water partition coefficient (Wildman–Crippen LogP) is 1.56. The smallest absolute Gasteiger partial charge is 0.188 e. The van der Waals surface area contributed by atoms with Gasteiger partial charge in [0.1, 0.15) is 0 Å². The molecule has 0 unspecified atom stereocenters. The third kappa shape index (κ3) is 7.09. The van der Waals surface area contributed by atoms with Gasteiger partial charge in [-0.1, -0.05) is 19.1 Å². The van der Waals surface area contributed by atoms with E-state index in [0.717, 1.165) is 24.9 Å². The second-order valence-corrected chi connectivity index (χ2v) is 6.38. The van der Waals surface area contributed by atoms with Gasteiger partial charge >= 0.3 is 0 Å². The van der Waals surface area contributed by atoms with E-state index in [-0.39, 0.29) is 24.0 Å². The van der Waals surface area contributed by atoms with Crippen LogP contribution >= 0.6 is 24.0 Å². The van der Waals surface area contributed by atoms with Crippen molar-refractivity contribution in [1.29, 1.82) is 0 Å². The van der Waals surface area contributed by atoms with Crippen LogP contribution in [0.4, 0.5) is 0 Å². The molecule has 1 aromatic carbocycles. The molecule has 0 aromatic heterocycles. The average Bonchev–Trinajstić information content (AvgIpc) is 2.36. The Morgan fingerprint density at radius 3 is 2.40 bits per heavy atom. The van der Waals surface area contributed by atoms with Crippen LogP contribution < -0.4 is 11.1 Å². The first-order chi connectivity index (χ1) is 8.93. The SMILES string of the molecule is CCCN=C(N)NCCc1ccc(S(C)(=O)=O)cc1.I. The Kier molecular flexibility index (Phi) is 8.79. The number of nitrogens with one attached hydrogen (secondary N) is 1. The van der Waals surface area contributed by atoms with E-state index in [4.69, 9.17) is 5.73 Å². The fraction of sp³-hybridized carbons (Fsp3) is 0.462. The molecule has 0 amide bonds. The molecule has 0 aliphatic heterocycles. The maximum atomic E-state index is 11.3. The van der Waals surface area contributed by atoms with E-state index in [0.29, 0.717) is 17.4 Å². The fourth-order valence-corrected chi connectivity index (χ4v) is 2.16. The van der Waals surface area contributed by atoms with Crippen molar-refractivity contribution in [2.24, 2.45) is 10.7 Å². The number of nitrogens with zero attached hydrogens (tertiary/aromatic N) is 1. The zero-order chi connectivity index (χ0) is 14.3. The Morgan fingerprint density at radius 1 is 1.30 bits per heavy atom. The maximum absolute atomic E-state index is 11.3. The second kappa shape index (κ2) is 9.17. The van der Waals surface area contributed by atoms with Crippen LogP contribution in [0, 0.1) is 0 Å². The molecule has 0 saturated heterocycles. The van der Waals surface area contributed by atoms with Crippen LogP contribution in [0.25, 0.3) is 0 Å². The largest absolute Gasteiger partial charge is 0.370 e. The Bertz CT molecular complexity index is 527. The van der Waals surface area contributed by atoms with Gasteiger partial charge in [-0.15, -0.1) is 24.0 Å². The number of sulfone groups is 1. The molecule has 0 radical (unpaired) electrons. The van der Waals surface area contributed by atoms with E-state index in [1.807, 2.05) is 19.1 Å². The Hall–Kier alpha value is -0.830. The zero-order valence-corrected chi connectivity index (χ0v) is 14.9. The van der Waals surface area contributed by atoms with Gasteiger partial charge in [-0.05, 0) is 30.5 Å². The summed E-state index contributed by atoms with van der Waals surface area (Å²) >= 11 is 0. The molecule has 0 fully saturated rings. The van der Waals surface area contributed by atoms with Gasteiger partial charge in [-0.2, -0.15) is 0 Å². The Labute approximate surface area is 138 Å². The molecule has 1 rings (SSSR count). The molecule has 0 atom stereocenters. The van der Waals surface area contributed by atoms with Crippen LogP contribution in [0.15, 0.2) is 34.2 Å². The van der Waals surface area contributed by atoms with E-state index in [2.05, 4.69) is 10.3 Å². The summed E-state index contributed by atoms with van der Waals surface area (Å²) in [4.78, 5) is 4.47. The van der Waals surface area contributed by atoms with Crippen LogP contribution in [0.3, 0.4) is 0 Å². The number of hydrogen-bond acceptors (Lipinski definition) is 3. The molecule has 114 valence electrons. The third-order valence-electron chi connectivity index (χ3n) is 2.58. The van der Waals surface area contributed by atoms with Gasteiger partial charge in [-0.3, -0.25) is 4.99 Å². The minimum atomic E-state index is -3.12. The van der Waals surface area contributed by atoms with Crippen molar-refractivity contribution >= 4 is 39.8 Å². The van der Waals surface area contributed by atoms with Crippen molar-refractivity contribution in [3.63, 3.8) is 0 Å². The molecule has 0 aliphatic rings. The lowest BCUT2D eigenvalue weighted by atomic mass is 10.1. The molecule has 0 aliphatic carbocycles. The molecule has 0 bridgehead atoms. The molecular formula is C13H22IN3O2S. The Morgan fingerprint density at radius 2 is 1.90 bits per heavy atom. The number of nitrogens with two attached hydrogens (primary N) is 1. The molecule has 20 heavy (non-hydrogen) atoms. The van der Waals surface area contributed by atoms with Crippen LogP contribution in [-0.2, 0) is 16.3 Å². The molecule has 5 nitrogen and oxygen atoms in total. The van der Waals surface area contributed by atoms with E-state index >= 15 is 0 Å². The second-order valence-electron chi connectivity index (χ2n) is 4.36. The highest BCUT2D eigenvalue weighted by atomic mass is 127. The van der Waals surface area contributed by atoms with E-state index < -0.39 is 9.84 Å². The lowest BCUT2D eigenvalue weighted by molar-refractivity contribution is 0.602. The fourth-order valence-electron chi connectivity index (χ4n) is 1.53. The number of hydrogen-bond donors (Lipinski definition) is 2. The summed E-state index contributed by atoms with van der Waals surface area (Å²) in [6.07, 6.45) is 2.94. The molecule has 1 aromatic rings. The molecule has 3 N–H and O–H groups in total. The predicted molar refractivity (Wildman–Crippen MR) is 93.5 cm³/mol. The van der Waals surface area contributed by atoms with Gasteiger partial charge < -0.3 is 11.1 Å². The van der Waals surface area contributed by atoms with Gasteiger partial charge in [0.15, 0.2) is 15.8 Å². The molecular weight excluding hydrogens is 389 g/mol. The van der Waals surface area contributed by atoms with Crippen LogP contribution in [0.1, 0.15) is 18.9 Å². The van der Waals surface area contributed by atoms with Gasteiger partial charge in [0.05, 0.1) is 4.90 Å². The summed E-state index contributed by atoms with van der Waals surface area (Å²) < 4.78 is 22.6. The van der Waals surface area contributed by atoms with E-state index in [1.54, 1.807) is 12.1 Å². The van der Waals surface area contributed by atoms with E-state index in [9.17, 15) is 8.42 Å². The summed E-state index contributed by atoms with van der Waals surface area (Å²) in [7, 11) is -3.12.